The highest BCUT2D eigenvalue weighted by molar-refractivity contribution is 4.90. The largest absolute Gasteiger partial charge is 0.257 e. The van der Waals surface area contributed by atoms with Crippen LogP contribution in [0, 0.1) is 0 Å². The molecule has 0 bridgehead atoms. The summed E-state index contributed by atoms with van der Waals surface area (Å²) in [7, 11) is 0. The van der Waals surface area contributed by atoms with Gasteiger partial charge in [0.05, 0.1) is 12.5 Å². The fraction of sp³-hybridized carbons (Fsp3) is 0.903. The third-order valence-electron chi connectivity index (χ3n) is 7.58. The van der Waals surface area contributed by atoms with Gasteiger partial charge in [-0.15, -0.1) is 0 Å². The number of H-pyrrole nitrogens is 1. The highest BCUT2D eigenvalue weighted by Crippen LogP contribution is 2.26. The van der Waals surface area contributed by atoms with Crippen molar-refractivity contribution in [3.05, 3.63) is 18.2 Å². The quantitative estimate of drug-likeness (QED) is 0.110. The monoisotopic (exact) mass is 461 g/mol. The van der Waals surface area contributed by atoms with E-state index in [1.54, 1.807) is 0 Å². The number of nitrogens with zero attached hydrogens (tertiary/aromatic N) is 1. The summed E-state index contributed by atoms with van der Waals surface area (Å²) >= 11 is 0. The molecule has 1 N–H and O–H groups in total. The minimum Gasteiger partial charge on any atom is -0.247 e. The second kappa shape index (κ2) is 23.0. The van der Waals surface area contributed by atoms with Crippen molar-refractivity contribution in [2.75, 3.05) is 0 Å². The van der Waals surface area contributed by atoms with Crippen molar-refractivity contribution in [2.45, 2.75) is 181 Å². The van der Waals surface area contributed by atoms with E-state index < -0.39 is 0 Å². The van der Waals surface area contributed by atoms with Crippen LogP contribution in [0.4, 0.5) is 0 Å². The number of hydrogen-bond donors (Lipinski definition) is 1. The summed E-state index contributed by atoms with van der Waals surface area (Å²) in [5.74, 6) is 2.21. The van der Waals surface area contributed by atoms with E-state index in [2.05, 4.69) is 42.7 Å². The van der Waals surface area contributed by atoms with Gasteiger partial charge in [0.25, 0.3) is 5.82 Å². The van der Waals surface area contributed by atoms with E-state index in [0.29, 0.717) is 0 Å². The predicted octanol–water partition coefficient (Wildman–Crippen LogP) is 10.4. The molecule has 194 valence electrons. The zero-order chi connectivity index (χ0) is 23.8. The summed E-state index contributed by atoms with van der Waals surface area (Å²) in [6.07, 6.45) is 37.3. The number of nitrogens with one attached hydrogen (secondary N) is 1. The third-order valence-corrected chi connectivity index (χ3v) is 7.58. The Morgan fingerprint density at radius 2 is 0.909 bits per heavy atom. The average molecular weight is 462 g/mol. The van der Waals surface area contributed by atoms with Crippen LogP contribution in [0.1, 0.15) is 180 Å². The van der Waals surface area contributed by atoms with Crippen molar-refractivity contribution in [2.24, 2.45) is 0 Å². The number of aromatic amines is 1. The van der Waals surface area contributed by atoms with Crippen molar-refractivity contribution in [3.8, 4) is 0 Å². The standard InChI is InChI=1S/C31H60N2/c1-4-7-9-11-13-15-16-17-18-19-21-23-25-27-30(31-32-28-29-33(31)6-3)26-24-22-20-14-12-10-8-5-2/h28-30H,4-27H2,1-3H3/p+1/t30-/m0/s1. The van der Waals surface area contributed by atoms with Crippen LogP contribution in [0.5, 0.6) is 0 Å². The van der Waals surface area contributed by atoms with E-state index in [1.165, 1.54) is 154 Å². The number of hydrogen-bond acceptors (Lipinski definition) is 0. The summed E-state index contributed by atoms with van der Waals surface area (Å²) in [6.45, 7) is 7.97. The number of rotatable bonds is 25. The van der Waals surface area contributed by atoms with Crippen LogP contribution in [0.15, 0.2) is 12.4 Å². The molecule has 0 aliphatic carbocycles. The Bertz CT molecular complexity index is 507. The highest BCUT2D eigenvalue weighted by atomic mass is 15.1. The van der Waals surface area contributed by atoms with Gasteiger partial charge in [-0.3, -0.25) is 0 Å². The highest BCUT2D eigenvalue weighted by Gasteiger charge is 2.21. The Balaban J connectivity index is 2.13. The van der Waals surface area contributed by atoms with Crippen molar-refractivity contribution < 1.29 is 4.57 Å². The number of unbranched alkanes of at least 4 members (excludes halogenated alkanes) is 19. The molecule has 0 saturated carbocycles. The molecule has 2 nitrogen and oxygen atoms in total. The van der Waals surface area contributed by atoms with Crippen LogP contribution in [-0.2, 0) is 6.54 Å². The normalized spacial score (nSPS) is 12.5. The maximum absolute atomic E-state index is 3.59. The summed E-state index contributed by atoms with van der Waals surface area (Å²) in [5.41, 5.74) is 0. The van der Waals surface area contributed by atoms with Gasteiger partial charge in [-0.05, 0) is 19.8 Å². The molecular formula is C31H61N2+. The third kappa shape index (κ3) is 16.5. The first-order valence-corrected chi connectivity index (χ1v) is 15.4. The van der Waals surface area contributed by atoms with Crippen LogP contribution >= 0.6 is 0 Å². The fourth-order valence-electron chi connectivity index (χ4n) is 5.35. The fourth-order valence-corrected chi connectivity index (χ4v) is 5.35. The average Bonchev–Trinajstić information content (AvgIpc) is 3.31. The first kappa shape index (κ1) is 30.2. The molecule has 1 aromatic rings. The van der Waals surface area contributed by atoms with Gasteiger partial charge in [-0.25, -0.2) is 9.55 Å². The van der Waals surface area contributed by atoms with Gasteiger partial charge < -0.3 is 0 Å². The van der Waals surface area contributed by atoms with Gasteiger partial charge in [0, 0.05) is 0 Å². The lowest BCUT2D eigenvalue weighted by Crippen LogP contribution is -2.36. The van der Waals surface area contributed by atoms with Crippen LogP contribution in [0.2, 0.25) is 0 Å². The first-order valence-electron chi connectivity index (χ1n) is 15.4. The van der Waals surface area contributed by atoms with Gasteiger partial charge in [0.15, 0.2) is 0 Å². The van der Waals surface area contributed by atoms with Gasteiger partial charge in [0.2, 0.25) is 0 Å². The molecule has 0 saturated heterocycles. The molecule has 0 aliphatic heterocycles. The molecule has 0 amide bonds. The van der Waals surface area contributed by atoms with Gasteiger partial charge in [-0.2, -0.15) is 0 Å². The minimum atomic E-state index is 0.729. The van der Waals surface area contributed by atoms with Crippen molar-refractivity contribution in [1.82, 2.24) is 4.98 Å². The molecule has 33 heavy (non-hydrogen) atoms. The van der Waals surface area contributed by atoms with Crippen LogP contribution < -0.4 is 4.57 Å². The molecule has 2 heteroatoms. The summed E-state index contributed by atoms with van der Waals surface area (Å²) in [6, 6.07) is 0. The maximum Gasteiger partial charge on any atom is 0.257 e. The maximum atomic E-state index is 3.59. The van der Waals surface area contributed by atoms with Gasteiger partial charge in [0.1, 0.15) is 12.4 Å². The van der Waals surface area contributed by atoms with E-state index >= 15 is 0 Å². The second-order valence-corrected chi connectivity index (χ2v) is 10.6. The van der Waals surface area contributed by atoms with E-state index in [4.69, 9.17) is 0 Å². The molecule has 1 atom stereocenters. The zero-order valence-corrected chi connectivity index (χ0v) is 23.1. The number of aromatic nitrogens is 2. The summed E-state index contributed by atoms with van der Waals surface area (Å²) < 4.78 is 2.44. The molecule has 0 unspecified atom stereocenters. The van der Waals surface area contributed by atoms with Crippen molar-refractivity contribution in [1.29, 1.82) is 0 Å². The Kier molecular flexibility index (Phi) is 21.1. The van der Waals surface area contributed by atoms with Crippen molar-refractivity contribution >= 4 is 0 Å². The molecule has 0 radical (unpaired) electrons. The van der Waals surface area contributed by atoms with E-state index in [9.17, 15) is 0 Å². The zero-order valence-electron chi connectivity index (χ0n) is 23.1. The van der Waals surface area contributed by atoms with E-state index in [0.717, 1.165) is 12.5 Å². The Hall–Kier alpha value is -0.790. The Morgan fingerprint density at radius 3 is 1.27 bits per heavy atom. The van der Waals surface area contributed by atoms with Gasteiger partial charge in [-0.1, -0.05) is 149 Å². The molecular weight excluding hydrogens is 400 g/mol. The molecule has 1 rings (SSSR count). The predicted molar refractivity (Wildman–Crippen MR) is 147 cm³/mol. The van der Waals surface area contributed by atoms with Crippen LogP contribution in [-0.4, -0.2) is 4.98 Å². The number of imidazole rings is 1. The van der Waals surface area contributed by atoms with Crippen molar-refractivity contribution in [3.63, 3.8) is 0 Å². The molecule has 0 aliphatic rings. The lowest BCUT2D eigenvalue weighted by atomic mass is 9.93. The molecule has 1 aromatic heterocycles. The lowest BCUT2D eigenvalue weighted by Gasteiger charge is -2.14. The Labute approximate surface area is 208 Å². The van der Waals surface area contributed by atoms with Gasteiger partial charge >= 0.3 is 0 Å². The molecule has 1 heterocycles. The van der Waals surface area contributed by atoms with E-state index in [-0.39, 0.29) is 0 Å². The lowest BCUT2D eigenvalue weighted by molar-refractivity contribution is -0.701. The Morgan fingerprint density at radius 1 is 0.545 bits per heavy atom. The topological polar surface area (TPSA) is 19.7 Å². The molecule has 0 fully saturated rings. The molecule has 0 spiro atoms. The first-order chi connectivity index (χ1) is 16.3. The van der Waals surface area contributed by atoms with Crippen LogP contribution in [0.25, 0.3) is 0 Å². The second-order valence-electron chi connectivity index (χ2n) is 10.6. The molecule has 0 aromatic carbocycles. The van der Waals surface area contributed by atoms with E-state index in [1.807, 2.05) is 0 Å². The number of aryl methyl sites for hydroxylation is 1. The minimum absolute atomic E-state index is 0.729. The van der Waals surface area contributed by atoms with Crippen LogP contribution in [0.3, 0.4) is 0 Å². The smallest absolute Gasteiger partial charge is 0.247 e. The summed E-state index contributed by atoms with van der Waals surface area (Å²) in [5, 5.41) is 0. The summed E-state index contributed by atoms with van der Waals surface area (Å²) in [4.78, 5) is 3.59. The SMILES string of the molecule is CCCCCCCCCCCCCCC[C@H](CCCCCCCCCC)c1[nH]cc[n+]1CC.